The number of fused-ring (bicyclic) bond motifs is 1. The van der Waals surface area contributed by atoms with Crippen molar-refractivity contribution in [3.8, 4) is 11.5 Å². The standard InChI is InChI=1S/C12H8BrF3O4/c1-19-8-4-6(13)2-5-3-7(11(17)18)10(12(14,15)16)20-9(5)8/h2-4,10H,1H3,(H,17,18)/t10-/m0/s1. The largest absolute Gasteiger partial charge is 0.493 e. The summed E-state index contributed by atoms with van der Waals surface area (Å²) in [6, 6.07) is 2.89. The van der Waals surface area contributed by atoms with Crippen molar-refractivity contribution in [1.82, 2.24) is 0 Å². The third kappa shape index (κ3) is 2.60. The highest BCUT2D eigenvalue weighted by atomic mass is 79.9. The van der Waals surface area contributed by atoms with Crippen molar-refractivity contribution in [2.24, 2.45) is 0 Å². The van der Waals surface area contributed by atoms with Crippen LogP contribution in [0, 0.1) is 0 Å². The molecule has 1 atom stereocenters. The van der Waals surface area contributed by atoms with Gasteiger partial charge in [0.05, 0.1) is 12.7 Å². The topological polar surface area (TPSA) is 55.8 Å². The van der Waals surface area contributed by atoms with Crippen LogP contribution in [0.3, 0.4) is 0 Å². The van der Waals surface area contributed by atoms with E-state index < -0.39 is 23.8 Å². The molecule has 0 radical (unpaired) electrons. The van der Waals surface area contributed by atoms with Gasteiger partial charge in [-0.05, 0) is 18.2 Å². The lowest BCUT2D eigenvalue weighted by atomic mass is 10.0. The average Bonchev–Trinajstić information content (AvgIpc) is 2.34. The van der Waals surface area contributed by atoms with Gasteiger partial charge in [0.15, 0.2) is 11.5 Å². The average molecular weight is 353 g/mol. The van der Waals surface area contributed by atoms with Crippen LogP contribution in [0.25, 0.3) is 6.08 Å². The zero-order valence-corrected chi connectivity index (χ0v) is 11.6. The minimum Gasteiger partial charge on any atom is -0.493 e. The van der Waals surface area contributed by atoms with Gasteiger partial charge in [-0.25, -0.2) is 4.79 Å². The minimum atomic E-state index is -4.83. The SMILES string of the molecule is COc1cc(Br)cc2c1O[C@H](C(F)(F)F)C(C(=O)O)=C2. The fourth-order valence-electron chi connectivity index (χ4n) is 1.82. The van der Waals surface area contributed by atoms with Crippen LogP contribution in [0.4, 0.5) is 13.2 Å². The monoisotopic (exact) mass is 352 g/mol. The molecule has 0 saturated carbocycles. The summed E-state index contributed by atoms with van der Waals surface area (Å²) in [5.41, 5.74) is -0.667. The minimum absolute atomic E-state index is 0.0873. The summed E-state index contributed by atoms with van der Waals surface area (Å²) < 4.78 is 49.0. The Morgan fingerprint density at radius 1 is 1.45 bits per heavy atom. The van der Waals surface area contributed by atoms with Gasteiger partial charge in [-0.15, -0.1) is 0 Å². The summed E-state index contributed by atoms with van der Waals surface area (Å²) >= 11 is 3.16. The van der Waals surface area contributed by atoms with E-state index in [-0.39, 0.29) is 17.1 Å². The molecule has 20 heavy (non-hydrogen) atoms. The zero-order valence-electron chi connectivity index (χ0n) is 9.99. The quantitative estimate of drug-likeness (QED) is 0.887. The van der Waals surface area contributed by atoms with Crippen LogP contribution in [0.15, 0.2) is 22.2 Å². The first-order valence-corrected chi connectivity index (χ1v) is 6.09. The molecule has 1 aliphatic heterocycles. The molecule has 1 aliphatic rings. The molecule has 0 fully saturated rings. The molecule has 0 aromatic heterocycles. The summed E-state index contributed by atoms with van der Waals surface area (Å²) in [6.45, 7) is 0. The molecule has 0 unspecified atom stereocenters. The van der Waals surface area contributed by atoms with Crippen LogP contribution in [0.1, 0.15) is 5.56 Å². The number of hydrogen-bond acceptors (Lipinski definition) is 3. The molecule has 2 rings (SSSR count). The molecular weight excluding hydrogens is 345 g/mol. The molecule has 0 spiro atoms. The van der Waals surface area contributed by atoms with Crippen LogP contribution in [0.2, 0.25) is 0 Å². The predicted octanol–water partition coefficient (Wildman–Crippen LogP) is 3.25. The number of carbonyl (C=O) groups is 1. The second-order valence-corrected chi connectivity index (χ2v) is 4.89. The third-order valence-electron chi connectivity index (χ3n) is 2.64. The summed E-state index contributed by atoms with van der Waals surface area (Å²) in [4.78, 5) is 11.0. The smallest absolute Gasteiger partial charge is 0.430 e. The van der Waals surface area contributed by atoms with Crippen molar-refractivity contribution in [2.75, 3.05) is 7.11 Å². The van der Waals surface area contributed by atoms with Crippen LogP contribution in [-0.2, 0) is 4.79 Å². The van der Waals surface area contributed by atoms with Gasteiger partial charge in [-0.1, -0.05) is 15.9 Å². The Morgan fingerprint density at radius 2 is 2.10 bits per heavy atom. The number of halogens is 4. The first-order chi connectivity index (χ1) is 9.24. The fourth-order valence-corrected chi connectivity index (χ4v) is 2.27. The molecule has 8 heteroatoms. The maximum Gasteiger partial charge on any atom is 0.430 e. The van der Waals surface area contributed by atoms with Crippen LogP contribution in [-0.4, -0.2) is 30.5 Å². The summed E-state index contributed by atoms with van der Waals surface area (Å²) in [5, 5.41) is 8.90. The molecule has 0 saturated heterocycles. The second kappa shape index (κ2) is 5.01. The van der Waals surface area contributed by atoms with Gasteiger partial charge in [-0.2, -0.15) is 13.2 Å². The highest BCUT2D eigenvalue weighted by Crippen LogP contribution is 2.43. The highest BCUT2D eigenvalue weighted by Gasteiger charge is 2.49. The van der Waals surface area contributed by atoms with E-state index in [1.807, 2.05) is 0 Å². The second-order valence-electron chi connectivity index (χ2n) is 3.97. The van der Waals surface area contributed by atoms with E-state index in [2.05, 4.69) is 15.9 Å². The maximum absolute atomic E-state index is 12.9. The normalized spacial score (nSPS) is 17.9. The van der Waals surface area contributed by atoms with Gasteiger partial charge in [0, 0.05) is 10.0 Å². The van der Waals surface area contributed by atoms with Gasteiger partial charge in [-0.3, -0.25) is 0 Å². The Hall–Kier alpha value is -1.70. The maximum atomic E-state index is 12.9. The molecule has 1 aromatic rings. The molecule has 1 heterocycles. The summed E-state index contributed by atoms with van der Waals surface area (Å²) in [5.74, 6) is -1.73. The van der Waals surface area contributed by atoms with E-state index in [9.17, 15) is 18.0 Å². The molecule has 1 N–H and O–H groups in total. The Bertz CT molecular complexity index is 595. The van der Waals surface area contributed by atoms with Crippen LogP contribution < -0.4 is 9.47 Å². The van der Waals surface area contributed by atoms with E-state index in [1.165, 1.54) is 19.2 Å². The molecule has 1 aromatic carbocycles. The number of aliphatic carboxylic acids is 1. The van der Waals surface area contributed by atoms with E-state index >= 15 is 0 Å². The summed E-state index contributed by atoms with van der Waals surface area (Å²) in [7, 11) is 1.28. The summed E-state index contributed by atoms with van der Waals surface area (Å²) in [6.07, 6.45) is -6.42. The first kappa shape index (κ1) is 14.7. The lowest BCUT2D eigenvalue weighted by Gasteiger charge is -2.28. The van der Waals surface area contributed by atoms with E-state index in [0.29, 0.717) is 4.47 Å². The van der Waals surface area contributed by atoms with Gasteiger partial charge < -0.3 is 14.6 Å². The lowest BCUT2D eigenvalue weighted by Crippen LogP contribution is -2.40. The van der Waals surface area contributed by atoms with E-state index in [1.54, 1.807) is 0 Å². The molecular formula is C12H8BrF3O4. The van der Waals surface area contributed by atoms with Crippen molar-refractivity contribution < 1.29 is 32.5 Å². The van der Waals surface area contributed by atoms with Gasteiger partial charge in [0.2, 0.25) is 6.10 Å². The Morgan fingerprint density at radius 3 is 2.60 bits per heavy atom. The number of ether oxygens (including phenoxy) is 2. The number of rotatable bonds is 2. The van der Waals surface area contributed by atoms with Crippen molar-refractivity contribution in [1.29, 1.82) is 0 Å². The van der Waals surface area contributed by atoms with Crippen LogP contribution >= 0.6 is 15.9 Å². The predicted molar refractivity (Wildman–Crippen MR) is 66.8 cm³/mol. The number of alkyl halides is 3. The molecule has 0 aliphatic carbocycles. The zero-order chi connectivity index (χ0) is 15.1. The van der Waals surface area contributed by atoms with Gasteiger partial charge >= 0.3 is 12.1 Å². The van der Waals surface area contributed by atoms with E-state index in [4.69, 9.17) is 14.6 Å². The van der Waals surface area contributed by atoms with E-state index in [0.717, 1.165) is 6.08 Å². The fraction of sp³-hybridized carbons (Fsp3) is 0.250. The number of hydrogen-bond donors (Lipinski definition) is 1. The van der Waals surface area contributed by atoms with Crippen molar-refractivity contribution in [3.05, 3.63) is 27.7 Å². The molecule has 4 nitrogen and oxygen atoms in total. The number of benzene rings is 1. The van der Waals surface area contributed by atoms with Crippen molar-refractivity contribution in [3.63, 3.8) is 0 Å². The molecule has 108 valence electrons. The van der Waals surface area contributed by atoms with Crippen molar-refractivity contribution in [2.45, 2.75) is 12.3 Å². The molecule has 0 bridgehead atoms. The highest BCUT2D eigenvalue weighted by molar-refractivity contribution is 9.10. The Kier molecular flexibility index (Phi) is 3.68. The number of methoxy groups -OCH3 is 1. The van der Waals surface area contributed by atoms with Crippen LogP contribution in [0.5, 0.6) is 11.5 Å². The lowest BCUT2D eigenvalue weighted by molar-refractivity contribution is -0.187. The first-order valence-electron chi connectivity index (χ1n) is 5.30. The molecule has 0 amide bonds. The Balaban J connectivity index is 2.62. The number of carboxylic acid groups (broad SMARTS) is 1. The number of carboxylic acids is 1. The van der Waals surface area contributed by atoms with Gasteiger partial charge in [0.25, 0.3) is 0 Å². The van der Waals surface area contributed by atoms with Crippen molar-refractivity contribution >= 4 is 28.0 Å². The van der Waals surface area contributed by atoms with Gasteiger partial charge in [0.1, 0.15) is 0 Å². The Labute approximate surface area is 119 Å². The third-order valence-corrected chi connectivity index (χ3v) is 3.10.